The van der Waals surface area contributed by atoms with E-state index >= 15 is 0 Å². The van der Waals surface area contributed by atoms with Gasteiger partial charge in [0, 0.05) is 22.6 Å². The topological polar surface area (TPSA) is 24.7 Å². The molecule has 0 unspecified atom stereocenters. The zero-order valence-corrected chi connectivity index (χ0v) is 12.6. The van der Waals surface area contributed by atoms with Crippen molar-refractivity contribution >= 4 is 33.8 Å². The fourth-order valence-electron chi connectivity index (χ4n) is 2.82. The quantitative estimate of drug-likeness (QED) is 0.630. The summed E-state index contributed by atoms with van der Waals surface area (Å²) in [5, 5.41) is 11.9. The predicted octanol–water partition coefficient (Wildman–Crippen LogP) is 5.09. The summed E-state index contributed by atoms with van der Waals surface area (Å²) in [7, 11) is 0. The van der Waals surface area contributed by atoms with Gasteiger partial charge < -0.3 is 0 Å². The normalized spacial score (nSPS) is 14.0. The van der Waals surface area contributed by atoms with Crippen LogP contribution in [-0.4, -0.2) is 11.4 Å². The van der Waals surface area contributed by atoms with Crippen LogP contribution >= 0.6 is 11.6 Å². The molecule has 106 valence electrons. The highest BCUT2D eigenvalue weighted by atomic mass is 35.5. The van der Waals surface area contributed by atoms with Gasteiger partial charge in [-0.25, -0.2) is 0 Å². The lowest BCUT2D eigenvalue weighted by atomic mass is 9.96. The number of rotatable bonds is 2. The highest BCUT2D eigenvalue weighted by Crippen LogP contribution is 2.25. The molecule has 0 N–H and O–H groups in total. The van der Waals surface area contributed by atoms with Crippen molar-refractivity contribution in [1.29, 1.82) is 0 Å². The Labute approximate surface area is 133 Å². The van der Waals surface area contributed by atoms with Crippen molar-refractivity contribution in [1.82, 2.24) is 0 Å². The van der Waals surface area contributed by atoms with Gasteiger partial charge in [0.15, 0.2) is 0 Å². The minimum atomic E-state index is 0.706. The third-order valence-corrected chi connectivity index (χ3v) is 4.24. The number of fused-ring (bicyclic) bond motifs is 1. The fraction of sp³-hybridized carbons (Fsp3) is 0.0526. The molecule has 0 aliphatic carbocycles. The Morgan fingerprint density at radius 3 is 2.18 bits per heavy atom. The lowest BCUT2D eigenvalue weighted by Crippen LogP contribution is -2.06. The molecule has 2 nitrogen and oxygen atoms in total. The summed E-state index contributed by atoms with van der Waals surface area (Å²) in [6, 6.07) is 22.4. The highest BCUT2D eigenvalue weighted by molar-refractivity contribution is 6.35. The Morgan fingerprint density at radius 2 is 1.32 bits per heavy atom. The zero-order valence-electron chi connectivity index (χ0n) is 11.8. The average molecular weight is 305 g/mol. The largest absolute Gasteiger partial charge is 0.154 e. The third kappa shape index (κ3) is 2.22. The number of halogens is 1. The van der Waals surface area contributed by atoms with E-state index in [1.165, 1.54) is 10.8 Å². The van der Waals surface area contributed by atoms with Crippen LogP contribution in [0.5, 0.6) is 0 Å². The van der Waals surface area contributed by atoms with Crippen LogP contribution < -0.4 is 0 Å². The van der Waals surface area contributed by atoms with Crippen molar-refractivity contribution in [2.24, 2.45) is 10.2 Å². The predicted molar refractivity (Wildman–Crippen MR) is 93.1 cm³/mol. The van der Waals surface area contributed by atoms with Crippen molar-refractivity contribution < 1.29 is 0 Å². The molecule has 3 aromatic carbocycles. The molecule has 0 spiro atoms. The summed E-state index contributed by atoms with van der Waals surface area (Å²) in [4.78, 5) is 0. The maximum Gasteiger partial charge on any atom is 0.0778 e. The highest BCUT2D eigenvalue weighted by Gasteiger charge is 2.19. The second-order valence-electron chi connectivity index (χ2n) is 5.28. The first-order valence-electron chi connectivity index (χ1n) is 7.19. The van der Waals surface area contributed by atoms with Crippen molar-refractivity contribution in [2.75, 3.05) is 0 Å². The molecule has 0 amide bonds. The third-order valence-electron chi connectivity index (χ3n) is 3.91. The van der Waals surface area contributed by atoms with Gasteiger partial charge in [-0.05, 0) is 16.8 Å². The number of hydrogen-bond acceptors (Lipinski definition) is 2. The molecule has 3 heteroatoms. The fourth-order valence-corrected chi connectivity index (χ4v) is 3.07. The summed E-state index contributed by atoms with van der Waals surface area (Å²) >= 11 is 6.26. The van der Waals surface area contributed by atoms with E-state index < -0.39 is 0 Å². The maximum absolute atomic E-state index is 6.26. The van der Waals surface area contributed by atoms with E-state index in [2.05, 4.69) is 46.6 Å². The van der Waals surface area contributed by atoms with E-state index in [1.54, 1.807) is 0 Å². The van der Waals surface area contributed by atoms with Gasteiger partial charge in [0.2, 0.25) is 0 Å². The van der Waals surface area contributed by atoms with E-state index in [0.29, 0.717) is 6.42 Å². The molecular formula is C19H13ClN2. The molecule has 1 heterocycles. The molecule has 0 aromatic heterocycles. The Kier molecular flexibility index (Phi) is 3.24. The van der Waals surface area contributed by atoms with Crippen molar-refractivity contribution in [2.45, 2.75) is 6.42 Å². The molecule has 0 bridgehead atoms. The lowest BCUT2D eigenvalue weighted by molar-refractivity contribution is 1.27. The lowest BCUT2D eigenvalue weighted by Gasteiger charge is -2.07. The van der Waals surface area contributed by atoms with Gasteiger partial charge in [-0.1, -0.05) is 72.3 Å². The van der Waals surface area contributed by atoms with Crippen LogP contribution in [0.4, 0.5) is 0 Å². The molecule has 0 saturated carbocycles. The minimum absolute atomic E-state index is 0.706. The zero-order chi connectivity index (χ0) is 14.9. The number of benzene rings is 3. The molecule has 0 atom stereocenters. The Balaban J connectivity index is 1.71. The van der Waals surface area contributed by atoms with Crippen LogP contribution in [-0.2, 0) is 0 Å². The maximum atomic E-state index is 6.26. The molecule has 0 radical (unpaired) electrons. The van der Waals surface area contributed by atoms with E-state index in [9.17, 15) is 0 Å². The van der Waals surface area contributed by atoms with Crippen LogP contribution in [0.2, 0.25) is 5.02 Å². The van der Waals surface area contributed by atoms with E-state index in [0.717, 1.165) is 27.6 Å². The SMILES string of the molecule is Clc1ccccc1C1=NN=C(c2cccc3ccccc23)C1. The molecule has 1 aliphatic heterocycles. The molecular weight excluding hydrogens is 292 g/mol. The van der Waals surface area contributed by atoms with Crippen LogP contribution in [0.1, 0.15) is 17.5 Å². The van der Waals surface area contributed by atoms with Gasteiger partial charge in [0.1, 0.15) is 0 Å². The van der Waals surface area contributed by atoms with E-state index in [4.69, 9.17) is 11.6 Å². The van der Waals surface area contributed by atoms with E-state index in [1.807, 2.05) is 30.3 Å². The van der Waals surface area contributed by atoms with Crippen LogP contribution in [0.25, 0.3) is 10.8 Å². The summed E-state index contributed by atoms with van der Waals surface area (Å²) in [5.41, 5.74) is 4.02. The van der Waals surface area contributed by atoms with Gasteiger partial charge in [-0.2, -0.15) is 10.2 Å². The first-order valence-corrected chi connectivity index (χ1v) is 7.57. The van der Waals surface area contributed by atoms with Crippen LogP contribution in [0.15, 0.2) is 76.9 Å². The summed E-state index contributed by atoms with van der Waals surface area (Å²) in [5.74, 6) is 0. The number of nitrogens with zero attached hydrogens (tertiary/aromatic N) is 2. The summed E-state index contributed by atoms with van der Waals surface area (Å²) in [6.07, 6.45) is 0.706. The van der Waals surface area contributed by atoms with Crippen molar-refractivity contribution in [3.8, 4) is 0 Å². The molecule has 1 aliphatic rings. The second-order valence-corrected chi connectivity index (χ2v) is 5.68. The van der Waals surface area contributed by atoms with Gasteiger partial charge in [-0.3, -0.25) is 0 Å². The summed E-state index contributed by atoms with van der Waals surface area (Å²) in [6.45, 7) is 0. The Bertz CT molecular complexity index is 920. The molecule has 3 aromatic rings. The molecule has 4 rings (SSSR count). The van der Waals surface area contributed by atoms with Crippen molar-refractivity contribution in [3.05, 3.63) is 82.9 Å². The smallest absolute Gasteiger partial charge is 0.0778 e. The first kappa shape index (κ1) is 13.2. The van der Waals surface area contributed by atoms with Crippen LogP contribution in [0.3, 0.4) is 0 Å². The first-order chi connectivity index (χ1) is 10.8. The van der Waals surface area contributed by atoms with Crippen molar-refractivity contribution in [3.63, 3.8) is 0 Å². The monoisotopic (exact) mass is 304 g/mol. The Morgan fingerprint density at radius 1 is 0.682 bits per heavy atom. The average Bonchev–Trinajstić information content (AvgIpc) is 3.04. The van der Waals surface area contributed by atoms with Crippen LogP contribution in [0, 0.1) is 0 Å². The minimum Gasteiger partial charge on any atom is -0.154 e. The van der Waals surface area contributed by atoms with Gasteiger partial charge >= 0.3 is 0 Å². The summed E-state index contributed by atoms with van der Waals surface area (Å²) < 4.78 is 0. The van der Waals surface area contributed by atoms with E-state index in [-0.39, 0.29) is 0 Å². The van der Waals surface area contributed by atoms with Gasteiger partial charge in [0.25, 0.3) is 0 Å². The van der Waals surface area contributed by atoms with Gasteiger partial charge in [-0.15, -0.1) is 0 Å². The van der Waals surface area contributed by atoms with Gasteiger partial charge in [0.05, 0.1) is 11.4 Å². The standard InChI is InChI=1S/C19H13ClN2/c20-17-11-4-3-9-16(17)19-12-18(21-22-19)15-10-5-7-13-6-1-2-8-14(13)15/h1-11H,12H2. The molecule has 0 saturated heterocycles. The number of hydrogen-bond donors (Lipinski definition) is 0. The second kappa shape index (κ2) is 5.39. The Hall–Kier alpha value is -2.45. The molecule has 22 heavy (non-hydrogen) atoms. The molecule has 0 fully saturated rings.